The maximum absolute atomic E-state index is 12.4. The highest BCUT2D eigenvalue weighted by Gasteiger charge is 2.30. The third kappa shape index (κ3) is 2.05. The van der Waals surface area contributed by atoms with Crippen molar-refractivity contribution in [2.45, 2.75) is 13.1 Å². The Morgan fingerprint density at radius 3 is 2.11 bits per heavy atom. The molecule has 0 saturated carbocycles. The summed E-state index contributed by atoms with van der Waals surface area (Å²) in [4.78, 5) is 0. The standard InChI is InChI=1S/C12H12F3N3/c1-7-10(16)11(18(2)17-7)8-3-5-9(6-4-8)12(13,14)15/h3-6H,16H2,1-2H3. The van der Waals surface area contributed by atoms with Crippen molar-refractivity contribution in [3.8, 4) is 11.3 Å². The van der Waals surface area contributed by atoms with E-state index in [0.29, 0.717) is 22.6 Å². The van der Waals surface area contributed by atoms with E-state index < -0.39 is 11.7 Å². The summed E-state index contributed by atoms with van der Waals surface area (Å²) in [5.41, 5.74) is 7.56. The molecule has 0 amide bonds. The van der Waals surface area contributed by atoms with Gasteiger partial charge in [-0.15, -0.1) is 0 Å². The lowest BCUT2D eigenvalue weighted by Gasteiger charge is -2.08. The topological polar surface area (TPSA) is 43.8 Å². The third-order valence-electron chi connectivity index (χ3n) is 2.75. The molecule has 96 valence electrons. The van der Waals surface area contributed by atoms with Crippen molar-refractivity contribution >= 4 is 5.69 Å². The lowest BCUT2D eigenvalue weighted by molar-refractivity contribution is -0.137. The van der Waals surface area contributed by atoms with Crippen LogP contribution in [0.5, 0.6) is 0 Å². The van der Waals surface area contributed by atoms with Crippen molar-refractivity contribution in [2.24, 2.45) is 7.05 Å². The van der Waals surface area contributed by atoms with E-state index in [1.807, 2.05) is 0 Å². The second-order valence-corrected chi connectivity index (χ2v) is 4.05. The molecule has 2 N–H and O–H groups in total. The minimum Gasteiger partial charge on any atom is -0.395 e. The summed E-state index contributed by atoms with van der Waals surface area (Å²) < 4.78 is 38.9. The van der Waals surface area contributed by atoms with Crippen LogP contribution in [0.4, 0.5) is 18.9 Å². The first kappa shape index (κ1) is 12.5. The van der Waals surface area contributed by atoms with Crippen LogP contribution >= 0.6 is 0 Å². The van der Waals surface area contributed by atoms with Crippen molar-refractivity contribution in [1.82, 2.24) is 9.78 Å². The molecule has 1 heterocycles. The Balaban J connectivity index is 2.47. The number of rotatable bonds is 1. The van der Waals surface area contributed by atoms with Crippen LogP contribution < -0.4 is 5.73 Å². The average Bonchev–Trinajstić information content (AvgIpc) is 2.52. The summed E-state index contributed by atoms with van der Waals surface area (Å²) >= 11 is 0. The van der Waals surface area contributed by atoms with Crippen LogP contribution in [0.2, 0.25) is 0 Å². The van der Waals surface area contributed by atoms with Crippen molar-refractivity contribution in [3.05, 3.63) is 35.5 Å². The predicted molar refractivity (Wildman–Crippen MR) is 62.8 cm³/mol. The number of hydrogen-bond acceptors (Lipinski definition) is 2. The Labute approximate surface area is 102 Å². The first-order valence-electron chi connectivity index (χ1n) is 5.27. The maximum Gasteiger partial charge on any atom is 0.416 e. The Morgan fingerprint density at radius 1 is 1.17 bits per heavy atom. The van der Waals surface area contributed by atoms with Crippen LogP contribution in [0.15, 0.2) is 24.3 Å². The van der Waals surface area contributed by atoms with Gasteiger partial charge in [-0.1, -0.05) is 12.1 Å². The van der Waals surface area contributed by atoms with E-state index in [1.165, 1.54) is 12.1 Å². The lowest BCUT2D eigenvalue weighted by Crippen LogP contribution is -2.04. The molecular weight excluding hydrogens is 243 g/mol. The summed E-state index contributed by atoms with van der Waals surface area (Å²) in [6, 6.07) is 4.87. The number of hydrogen-bond donors (Lipinski definition) is 1. The molecule has 18 heavy (non-hydrogen) atoms. The molecule has 0 fully saturated rings. The van der Waals surface area contributed by atoms with Gasteiger partial charge in [-0.25, -0.2) is 0 Å². The van der Waals surface area contributed by atoms with Crippen LogP contribution in [0.25, 0.3) is 11.3 Å². The number of aryl methyl sites for hydroxylation is 2. The Hall–Kier alpha value is -1.98. The molecule has 2 aromatic rings. The number of nitrogens with zero attached hydrogens (tertiary/aromatic N) is 2. The molecule has 0 bridgehead atoms. The molecule has 3 nitrogen and oxygen atoms in total. The van der Waals surface area contributed by atoms with Crippen molar-refractivity contribution in [2.75, 3.05) is 5.73 Å². The number of benzene rings is 1. The largest absolute Gasteiger partial charge is 0.416 e. The molecule has 1 aromatic carbocycles. The SMILES string of the molecule is Cc1nn(C)c(-c2ccc(C(F)(F)F)cc2)c1N. The Bertz CT molecular complexity index is 567. The number of nitrogens with two attached hydrogens (primary N) is 1. The zero-order valence-corrected chi connectivity index (χ0v) is 9.92. The van der Waals surface area contributed by atoms with E-state index in [2.05, 4.69) is 5.10 Å². The Kier molecular flexibility index (Phi) is 2.80. The average molecular weight is 255 g/mol. The first-order chi connectivity index (χ1) is 8.30. The number of halogens is 3. The third-order valence-corrected chi connectivity index (χ3v) is 2.75. The van der Waals surface area contributed by atoms with Crippen LogP contribution in [0, 0.1) is 6.92 Å². The van der Waals surface area contributed by atoms with Crippen molar-refractivity contribution in [1.29, 1.82) is 0 Å². The predicted octanol–water partition coefficient (Wildman–Crippen LogP) is 3.00. The van der Waals surface area contributed by atoms with Gasteiger partial charge in [-0.3, -0.25) is 4.68 Å². The molecule has 0 saturated heterocycles. The zero-order chi connectivity index (χ0) is 13.5. The molecule has 0 spiro atoms. The minimum atomic E-state index is -4.33. The van der Waals surface area contributed by atoms with E-state index in [-0.39, 0.29) is 0 Å². The minimum absolute atomic E-state index is 0.484. The molecule has 0 aliphatic rings. The normalized spacial score (nSPS) is 11.8. The van der Waals surface area contributed by atoms with Gasteiger partial charge in [0, 0.05) is 12.6 Å². The molecule has 0 aliphatic heterocycles. The maximum atomic E-state index is 12.4. The summed E-state index contributed by atoms with van der Waals surface area (Å²) in [6.45, 7) is 1.75. The summed E-state index contributed by atoms with van der Waals surface area (Å²) in [5.74, 6) is 0. The molecule has 2 rings (SSSR count). The van der Waals surface area contributed by atoms with Crippen LogP contribution in [-0.4, -0.2) is 9.78 Å². The van der Waals surface area contributed by atoms with Gasteiger partial charge in [0.15, 0.2) is 0 Å². The molecule has 0 unspecified atom stereocenters. The van der Waals surface area contributed by atoms with Crippen LogP contribution in [0.1, 0.15) is 11.3 Å². The molecule has 0 radical (unpaired) electrons. The van der Waals surface area contributed by atoms with Gasteiger partial charge in [0.1, 0.15) is 0 Å². The summed E-state index contributed by atoms with van der Waals surface area (Å²) in [6.07, 6.45) is -4.33. The van der Waals surface area contributed by atoms with Gasteiger partial charge >= 0.3 is 6.18 Å². The highest BCUT2D eigenvalue weighted by atomic mass is 19.4. The van der Waals surface area contributed by atoms with Gasteiger partial charge in [0.05, 0.1) is 22.6 Å². The Morgan fingerprint density at radius 2 is 1.72 bits per heavy atom. The van der Waals surface area contributed by atoms with Crippen molar-refractivity contribution < 1.29 is 13.2 Å². The van der Waals surface area contributed by atoms with Gasteiger partial charge in [-0.05, 0) is 19.1 Å². The second kappa shape index (κ2) is 4.04. The number of nitrogen functional groups attached to an aromatic ring is 1. The number of aromatic nitrogens is 2. The molecule has 1 aromatic heterocycles. The highest BCUT2D eigenvalue weighted by molar-refractivity contribution is 5.74. The van der Waals surface area contributed by atoms with Gasteiger partial charge < -0.3 is 5.73 Å². The molecule has 6 heteroatoms. The molecule has 0 atom stereocenters. The fourth-order valence-corrected chi connectivity index (χ4v) is 1.83. The van der Waals surface area contributed by atoms with E-state index in [1.54, 1.807) is 18.7 Å². The van der Waals surface area contributed by atoms with Crippen LogP contribution in [0.3, 0.4) is 0 Å². The van der Waals surface area contributed by atoms with Crippen molar-refractivity contribution in [3.63, 3.8) is 0 Å². The number of anilines is 1. The highest BCUT2D eigenvalue weighted by Crippen LogP contribution is 2.32. The van der Waals surface area contributed by atoms with Crippen LogP contribution in [-0.2, 0) is 13.2 Å². The first-order valence-corrected chi connectivity index (χ1v) is 5.27. The summed E-state index contributed by atoms with van der Waals surface area (Å²) in [7, 11) is 1.70. The lowest BCUT2D eigenvalue weighted by atomic mass is 10.1. The van der Waals surface area contributed by atoms with Gasteiger partial charge in [-0.2, -0.15) is 18.3 Å². The summed E-state index contributed by atoms with van der Waals surface area (Å²) in [5, 5.41) is 4.13. The quantitative estimate of drug-likeness (QED) is 0.851. The monoisotopic (exact) mass is 255 g/mol. The fourth-order valence-electron chi connectivity index (χ4n) is 1.83. The fraction of sp³-hybridized carbons (Fsp3) is 0.250. The van der Waals surface area contributed by atoms with Gasteiger partial charge in [0.25, 0.3) is 0 Å². The van der Waals surface area contributed by atoms with Gasteiger partial charge in [0.2, 0.25) is 0 Å². The molecule has 0 aliphatic carbocycles. The second-order valence-electron chi connectivity index (χ2n) is 4.05. The number of alkyl halides is 3. The van der Waals surface area contributed by atoms with E-state index in [0.717, 1.165) is 12.1 Å². The smallest absolute Gasteiger partial charge is 0.395 e. The molecular formula is C12H12F3N3. The van der Waals surface area contributed by atoms with E-state index in [4.69, 9.17) is 5.73 Å². The zero-order valence-electron chi connectivity index (χ0n) is 9.92. The van der Waals surface area contributed by atoms with E-state index in [9.17, 15) is 13.2 Å². The van der Waals surface area contributed by atoms with E-state index >= 15 is 0 Å².